The molecule has 110 valence electrons. The van der Waals surface area contributed by atoms with Crippen LogP contribution in [0.5, 0.6) is 0 Å². The average Bonchev–Trinajstić information content (AvgIpc) is 2.72. The lowest BCUT2D eigenvalue weighted by molar-refractivity contribution is -0.141. The minimum absolute atomic E-state index is 0.00474. The first kappa shape index (κ1) is 16.0. The van der Waals surface area contributed by atoms with Crippen molar-refractivity contribution in [2.75, 3.05) is 6.54 Å². The van der Waals surface area contributed by atoms with Crippen LogP contribution in [0, 0.1) is 5.92 Å². The topological polar surface area (TPSA) is 29.9 Å². The summed E-state index contributed by atoms with van der Waals surface area (Å²) in [6, 6.07) is 0.923. The van der Waals surface area contributed by atoms with Gasteiger partial charge < -0.3 is 5.32 Å². The van der Waals surface area contributed by atoms with Gasteiger partial charge in [-0.1, -0.05) is 6.92 Å². The van der Waals surface area contributed by atoms with Crippen molar-refractivity contribution >= 4 is 0 Å². The number of alkyl halides is 3. The summed E-state index contributed by atoms with van der Waals surface area (Å²) in [4.78, 5) is 0. The Kier molecular flexibility index (Phi) is 4.66. The number of halogens is 3. The van der Waals surface area contributed by atoms with Gasteiger partial charge in [-0.05, 0) is 39.7 Å². The zero-order valence-electron chi connectivity index (χ0n) is 12.0. The van der Waals surface area contributed by atoms with Crippen molar-refractivity contribution in [3.05, 3.63) is 18.0 Å². The number of hydrogen-bond acceptors (Lipinski definition) is 2. The highest BCUT2D eigenvalue weighted by molar-refractivity contribution is 5.04. The molecule has 0 saturated carbocycles. The lowest BCUT2D eigenvalue weighted by Crippen LogP contribution is -2.40. The zero-order chi connectivity index (χ0) is 14.8. The number of rotatable bonds is 4. The van der Waals surface area contributed by atoms with E-state index in [2.05, 4.69) is 31.2 Å². The first-order chi connectivity index (χ1) is 8.50. The molecule has 0 amide bonds. The monoisotopic (exact) mass is 277 g/mol. The molecule has 1 aromatic rings. The lowest BCUT2D eigenvalue weighted by atomic mass is 10.0. The normalized spacial score (nSPS) is 16.4. The second-order valence-electron chi connectivity index (χ2n) is 6.03. The van der Waals surface area contributed by atoms with Crippen LogP contribution in [0.4, 0.5) is 13.2 Å². The molecule has 3 nitrogen and oxygen atoms in total. The molecule has 0 aliphatic carbocycles. The Balaban J connectivity index is 2.67. The minimum Gasteiger partial charge on any atom is -0.312 e. The van der Waals surface area contributed by atoms with Crippen LogP contribution >= 0.6 is 0 Å². The van der Waals surface area contributed by atoms with Gasteiger partial charge in [0.05, 0.1) is 6.04 Å². The summed E-state index contributed by atoms with van der Waals surface area (Å²) in [5, 5.41) is 6.96. The predicted molar refractivity (Wildman–Crippen MR) is 68.9 cm³/mol. The summed E-state index contributed by atoms with van der Waals surface area (Å²) in [6.45, 7) is 10.8. The summed E-state index contributed by atoms with van der Waals surface area (Å²) in [5.41, 5.74) is -0.842. The summed E-state index contributed by atoms with van der Waals surface area (Å²) in [7, 11) is 0. The molecular formula is C13H22F3N3. The van der Waals surface area contributed by atoms with E-state index in [1.54, 1.807) is 0 Å². The molecular weight excluding hydrogens is 255 g/mol. The molecule has 1 N–H and O–H groups in total. The molecule has 0 bridgehead atoms. The fourth-order valence-corrected chi connectivity index (χ4v) is 1.61. The van der Waals surface area contributed by atoms with Crippen LogP contribution < -0.4 is 5.32 Å². The molecule has 2 unspecified atom stereocenters. The number of nitrogens with one attached hydrogen (secondary N) is 1. The van der Waals surface area contributed by atoms with Crippen LogP contribution in [0.3, 0.4) is 0 Å². The Morgan fingerprint density at radius 3 is 2.26 bits per heavy atom. The average molecular weight is 277 g/mol. The van der Waals surface area contributed by atoms with Gasteiger partial charge in [0.25, 0.3) is 0 Å². The highest BCUT2D eigenvalue weighted by Crippen LogP contribution is 2.28. The highest BCUT2D eigenvalue weighted by Gasteiger charge is 2.34. The van der Waals surface area contributed by atoms with Crippen molar-refractivity contribution in [2.45, 2.75) is 52.4 Å². The van der Waals surface area contributed by atoms with Crippen LogP contribution in [0.25, 0.3) is 0 Å². The van der Waals surface area contributed by atoms with Crippen molar-refractivity contribution in [3.63, 3.8) is 0 Å². The van der Waals surface area contributed by atoms with Gasteiger partial charge in [0.15, 0.2) is 5.69 Å². The summed E-state index contributed by atoms with van der Waals surface area (Å²) < 4.78 is 38.8. The van der Waals surface area contributed by atoms with Crippen molar-refractivity contribution in [1.82, 2.24) is 15.1 Å². The van der Waals surface area contributed by atoms with Gasteiger partial charge in [0.1, 0.15) is 0 Å². The Hall–Kier alpha value is -1.04. The van der Waals surface area contributed by atoms with Crippen LogP contribution in [0.15, 0.2) is 12.3 Å². The van der Waals surface area contributed by atoms with E-state index in [1.165, 1.54) is 10.9 Å². The number of aromatic nitrogens is 2. The fourth-order valence-electron chi connectivity index (χ4n) is 1.61. The molecule has 0 aliphatic heterocycles. The van der Waals surface area contributed by atoms with Crippen LogP contribution in [-0.2, 0) is 6.18 Å². The standard InChI is InChI=1S/C13H22F3N3/c1-9(8-17-12(3,4)5)10(2)19-7-6-11(18-19)13(14,15)16/h6-7,9-10,17H,8H2,1-5H3. The predicted octanol–water partition coefficient (Wildman–Crippen LogP) is 3.49. The van der Waals surface area contributed by atoms with Crippen molar-refractivity contribution < 1.29 is 13.2 Å². The third-order valence-electron chi connectivity index (χ3n) is 3.09. The fraction of sp³-hybridized carbons (Fsp3) is 0.769. The van der Waals surface area contributed by atoms with E-state index in [0.29, 0.717) is 0 Å². The Morgan fingerprint density at radius 2 is 1.84 bits per heavy atom. The SMILES string of the molecule is CC(CNC(C)(C)C)C(C)n1ccc(C(F)(F)F)n1. The number of hydrogen-bond donors (Lipinski definition) is 1. The van der Waals surface area contributed by atoms with E-state index >= 15 is 0 Å². The zero-order valence-corrected chi connectivity index (χ0v) is 12.0. The second-order valence-corrected chi connectivity index (χ2v) is 6.03. The molecule has 19 heavy (non-hydrogen) atoms. The largest absolute Gasteiger partial charge is 0.435 e. The van der Waals surface area contributed by atoms with Gasteiger partial charge >= 0.3 is 6.18 Å². The van der Waals surface area contributed by atoms with Gasteiger partial charge in [0.2, 0.25) is 0 Å². The van der Waals surface area contributed by atoms with E-state index in [4.69, 9.17) is 0 Å². The molecule has 1 heterocycles. The third kappa shape index (κ3) is 4.86. The Morgan fingerprint density at radius 1 is 1.26 bits per heavy atom. The van der Waals surface area contributed by atoms with Gasteiger partial charge in [0, 0.05) is 18.3 Å². The second kappa shape index (κ2) is 5.53. The molecule has 1 aromatic heterocycles. The molecule has 0 radical (unpaired) electrons. The quantitative estimate of drug-likeness (QED) is 0.913. The third-order valence-corrected chi connectivity index (χ3v) is 3.09. The van der Waals surface area contributed by atoms with E-state index in [9.17, 15) is 13.2 Å². The Bertz CT molecular complexity index is 404. The van der Waals surface area contributed by atoms with E-state index in [1.807, 2.05) is 13.8 Å². The van der Waals surface area contributed by atoms with Gasteiger partial charge in [-0.3, -0.25) is 4.68 Å². The maximum absolute atomic E-state index is 12.5. The maximum atomic E-state index is 12.5. The smallest absolute Gasteiger partial charge is 0.312 e. The highest BCUT2D eigenvalue weighted by atomic mass is 19.4. The Labute approximate surface area is 112 Å². The number of nitrogens with zero attached hydrogens (tertiary/aromatic N) is 2. The molecule has 0 aromatic carbocycles. The molecule has 0 aliphatic rings. The van der Waals surface area contributed by atoms with Gasteiger partial charge in [-0.25, -0.2) is 0 Å². The molecule has 0 spiro atoms. The van der Waals surface area contributed by atoms with Crippen molar-refractivity contribution in [3.8, 4) is 0 Å². The van der Waals surface area contributed by atoms with E-state index in [0.717, 1.165) is 12.6 Å². The summed E-state index contributed by atoms with van der Waals surface area (Å²) >= 11 is 0. The van der Waals surface area contributed by atoms with Crippen LogP contribution in [-0.4, -0.2) is 21.9 Å². The van der Waals surface area contributed by atoms with Gasteiger partial charge in [-0.15, -0.1) is 0 Å². The maximum Gasteiger partial charge on any atom is 0.435 e. The first-order valence-corrected chi connectivity index (χ1v) is 6.38. The first-order valence-electron chi connectivity index (χ1n) is 6.38. The van der Waals surface area contributed by atoms with E-state index in [-0.39, 0.29) is 17.5 Å². The van der Waals surface area contributed by atoms with Crippen LogP contribution in [0.2, 0.25) is 0 Å². The van der Waals surface area contributed by atoms with Crippen LogP contribution in [0.1, 0.15) is 46.4 Å². The molecule has 0 saturated heterocycles. The molecule has 1 rings (SSSR count). The van der Waals surface area contributed by atoms with Crippen molar-refractivity contribution in [2.24, 2.45) is 5.92 Å². The summed E-state index contributed by atoms with van der Waals surface area (Å²) in [5.74, 6) is 0.181. The molecule has 2 atom stereocenters. The lowest BCUT2D eigenvalue weighted by Gasteiger charge is -2.26. The van der Waals surface area contributed by atoms with E-state index < -0.39 is 11.9 Å². The van der Waals surface area contributed by atoms with Crippen molar-refractivity contribution in [1.29, 1.82) is 0 Å². The summed E-state index contributed by atoms with van der Waals surface area (Å²) in [6.07, 6.45) is -2.99. The molecule has 6 heteroatoms. The minimum atomic E-state index is -4.38. The molecule has 0 fully saturated rings. The van der Waals surface area contributed by atoms with Gasteiger partial charge in [-0.2, -0.15) is 18.3 Å².